The Hall–Kier alpha value is -1.10. The lowest BCUT2D eigenvalue weighted by Crippen LogP contribution is -2.12. The van der Waals surface area contributed by atoms with E-state index in [0.29, 0.717) is 10.4 Å². The molecule has 1 aromatic heterocycles. The lowest BCUT2D eigenvalue weighted by molar-refractivity contribution is -0.118. The number of nitrogens with zero attached hydrogens (tertiary/aromatic N) is 1. The second kappa shape index (κ2) is 4.06. The van der Waals surface area contributed by atoms with Gasteiger partial charge < -0.3 is 4.42 Å². The molecule has 1 heterocycles. The van der Waals surface area contributed by atoms with Crippen molar-refractivity contribution in [3.63, 3.8) is 0 Å². The summed E-state index contributed by atoms with van der Waals surface area (Å²) in [5.41, 5.74) is 2.26. The van der Waals surface area contributed by atoms with Gasteiger partial charge in [-0.1, -0.05) is 0 Å². The van der Waals surface area contributed by atoms with Crippen LogP contribution in [0.1, 0.15) is 12.7 Å². The van der Waals surface area contributed by atoms with Gasteiger partial charge in [-0.15, -0.1) is 0 Å². The maximum Gasteiger partial charge on any atom is 0.236 e. The summed E-state index contributed by atoms with van der Waals surface area (Å²) in [4.78, 5) is 10.4. The molecule has 64 valence electrons. The normalized spacial score (nSPS) is 10.5. The summed E-state index contributed by atoms with van der Waals surface area (Å²) < 4.78 is 5.71. The molecule has 5 heteroatoms. The highest BCUT2D eigenvalue weighted by Crippen LogP contribution is 2.11. The number of furan rings is 1. The summed E-state index contributed by atoms with van der Waals surface area (Å²) in [6.45, 7) is 1.38. The Morgan fingerprint density at radius 1 is 1.75 bits per heavy atom. The van der Waals surface area contributed by atoms with Gasteiger partial charge in [0.1, 0.15) is 5.76 Å². The molecule has 0 fully saturated rings. The SMILES string of the molecule is CC(=O)N/N=C/c1ccc(Br)o1. The van der Waals surface area contributed by atoms with Crippen LogP contribution >= 0.6 is 15.9 Å². The van der Waals surface area contributed by atoms with E-state index in [4.69, 9.17) is 4.42 Å². The second-order valence-corrected chi connectivity index (χ2v) is 2.85. The lowest BCUT2D eigenvalue weighted by Gasteiger charge is -1.88. The van der Waals surface area contributed by atoms with Gasteiger partial charge in [0.25, 0.3) is 0 Å². The van der Waals surface area contributed by atoms with Crippen LogP contribution in [0.4, 0.5) is 0 Å². The third-order valence-electron chi connectivity index (χ3n) is 1.01. The average molecular weight is 231 g/mol. The van der Waals surface area contributed by atoms with Crippen LogP contribution in [-0.2, 0) is 4.79 Å². The first-order valence-electron chi connectivity index (χ1n) is 3.23. The van der Waals surface area contributed by atoms with Crippen LogP contribution in [0.25, 0.3) is 0 Å². The van der Waals surface area contributed by atoms with Crippen LogP contribution in [0.15, 0.2) is 26.3 Å². The van der Waals surface area contributed by atoms with Crippen molar-refractivity contribution in [2.75, 3.05) is 0 Å². The van der Waals surface area contributed by atoms with Crippen LogP contribution < -0.4 is 5.43 Å². The van der Waals surface area contributed by atoms with Gasteiger partial charge in [-0.25, -0.2) is 5.43 Å². The molecule has 0 aliphatic carbocycles. The maximum atomic E-state index is 10.4. The highest BCUT2D eigenvalue weighted by atomic mass is 79.9. The number of halogens is 1. The van der Waals surface area contributed by atoms with Gasteiger partial charge in [-0.3, -0.25) is 4.79 Å². The van der Waals surface area contributed by atoms with Crippen molar-refractivity contribution in [1.29, 1.82) is 0 Å². The molecule has 0 aliphatic rings. The molecule has 0 radical (unpaired) electrons. The van der Waals surface area contributed by atoms with Gasteiger partial charge >= 0.3 is 0 Å². The zero-order chi connectivity index (χ0) is 8.97. The molecule has 0 aromatic carbocycles. The first-order valence-corrected chi connectivity index (χ1v) is 4.03. The summed E-state index contributed by atoms with van der Waals surface area (Å²) in [6, 6.07) is 3.48. The van der Waals surface area contributed by atoms with Crippen LogP contribution in [0.5, 0.6) is 0 Å². The molecule has 0 atom stereocenters. The number of hydrogen-bond donors (Lipinski definition) is 1. The first kappa shape index (κ1) is 8.99. The molecular weight excluding hydrogens is 224 g/mol. The maximum absolute atomic E-state index is 10.4. The molecular formula is C7H7BrN2O2. The van der Waals surface area contributed by atoms with Gasteiger partial charge in [0.15, 0.2) is 4.67 Å². The Bertz CT molecular complexity index is 306. The van der Waals surface area contributed by atoms with Crippen LogP contribution in [0.3, 0.4) is 0 Å². The van der Waals surface area contributed by atoms with Crippen molar-refractivity contribution in [3.8, 4) is 0 Å². The van der Waals surface area contributed by atoms with Gasteiger partial charge in [0.2, 0.25) is 5.91 Å². The Kier molecular flexibility index (Phi) is 3.04. The molecule has 0 saturated carbocycles. The summed E-state index contributed by atoms with van der Waals surface area (Å²) in [6.07, 6.45) is 1.42. The number of carbonyl (C=O) groups excluding carboxylic acids is 1. The molecule has 0 unspecified atom stereocenters. The van der Waals surface area contributed by atoms with Gasteiger partial charge in [-0.2, -0.15) is 5.10 Å². The quantitative estimate of drug-likeness (QED) is 0.619. The van der Waals surface area contributed by atoms with E-state index in [-0.39, 0.29) is 5.91 Å². The van der Waals surface area contributed by atoms with E-state index in [9.17, 15) is 4.79 Å². The Morgan fingerprint density at radius 2 is 2.50 bits per heavy atom. The molecule has 1 aromatic rings. The largest absolute Gasteiger partial charge is 0.448 e. The van der Waals surface area contributed by atoms with Crippen LogP contribution in [0.2, 0.25) is 0 Å². The van der Waals surface area contributed by atoms with E-state index in [1.165, 1.54) is 13.1 Å². The number of rotatable bonds is 2. The van der Waals surface area contributed by atoms with E-state index in [0.717, 1.165) is 0 Å². The van der Waals surface area contributed by atoms with Crippen LogP contribution in [-0.4, -0.2) is 12.1 Å². The lowest BCUT2D eigenvalue weighted by atomic mass is 10.5. The molecule has 0 aliphatic heterocycles. The van der Waals surface area contributed by atoms with Crippen molar-refractivity contribution in [3.05, 3.63) is 22.6 Å². The minimum atomic E-state index is -0.211. The summed E-state index contributed by atoms with van der Waals surface area (Å²) in [7, 11) is 0. The predicted molar refractivity (Wildman–Crippen MR) is 47.8 cm³/mol. The zero-order valence-electron chi connectivity index (χ0n) is 6.37. The number of amides is 1. The van der Waals surface area contributed by atoms with Crippen molar-refractivity contribution < 1.29 is 9.21 Å². The van der Waals surface area contributed by atoms with E-state index in [1.54, 1.807) is 12.1 Å². The summed E-state index contributed by atoms with van der Waals surface area (Å²) in [5, 5.41) is 3.62. The van der Waals surface area contributed by atoms with E-state index >= 15 is 0 Å². The number of nitrogens with one attached hydrogen (secondary N) is 1. The van der Waals surface area contributed by atoms with E-state index in [2.05, 4.69) is 26.5 Å². The first-order chi connectivity index (χ1) is 5.68. The predicted octanol–water partition coefficient (Wildman–Crippen LogP) is 1.51. The zero-order valence-corrected chi connectivity index (χ0v) is 7.96. The fourth-order valence-electron chi connectivity index (χ4n) is 0.584. The number of carbonyl (C=O) groups is 1. The average Bonchev–Trinajstić information content (AvgIpc) is 2.35. The minimum Gasteiger partial charge on any atom is -0.448 e. The molecule has 1 amide bonds. The molecule has 0 saturated heterocycles. The van der Waals surface area contributed by atoms with Crippen LogP contribution in [0, 0.1) is 0 Å². The fraction of sp³-hybridized carbons (Fsp3) is 0.143. The Morgan fingerprint density at radius 3 is 3.00 bits per heavy atom. The third kappa shape index (κ3) is 2.87. The number of hydrazone groups is 1. The van der Waals surface area contributed by atoms with Gasteiger partial charge in [-0.05, 0) is 28.1 Å². The minimum absolute atomic E-state index is 0.211. The Labute approximate surface area is 77.8 Å². The van der Waals surface area contributed by atoms with Gasteiger partial charge in [0.05, 0.1) is 6.21 Å². The standard InChI is InChI=1S/C7H7BrN2O2/c1-5(11)10-9-4-6-2-3-7(8)12-6/h2-4H,1H3,(H,10,11)/b9-4+. The van der Waals surface area contributed by atoms with Crippen molar-refractivity contribution in [2.45, 2.75) is 6.92 Å². The highest BCUT2D eigenvalue weighted by molar-refractivity contribution is 9.10. The molecule has 1 N–H and O–H groups in total. The summed E-state index contributed by atoms with van der Waals surface area (Å²) in [5.74, 6) is 0.368. The van der Waals surface area contributed by atoms with Crippen molar-refractivity contribution in [1.82, 2.24) is 5.43 Å². The highest BCUT2D eigenvalue weighted by Gasteiger charge is 1.94. The topological polar surface area (TPSA) is 54.6 Å². The molecule has 0 spiro atoms. The third-order valence-corrected chi connectivity index (χ3v) is 1.43. The van der Waals surface area contributed by atoms with E-state index < -0.39 is 0 Å². The van der Waals surface area contributed by atoms with Gasteiger partial charge in [0, 0.05) is 6.92 Å². The molecule has 0 bridgehead atoms. The molecule has 1 rings (SSSR count). The Balaban J connectivity index is 2.52. The van der Waals surface area contributed by atoms with Crippen molar-refractivity contribution >= 4 is 28.1 Å². The number of hydrogen-bond acceptors (Lipinski definition) is 3. The van der Waals surface area contributed by atoms with E-state index in [1.807, 2.05) is 0 Å². The fourth-order valence-corrected chi connectivity index (χ4v) is 0.904. The molecule has 4 nitrogen and oxygen atoms in total. The monoisotopic (exact) mass is 230 g/mol. The summed E-state index contributed by atoms with van der Waals surface area (Å²) >= 11 is 3.14. The second-order valence-electron chi connectivity index (χ2n) is 2.07. The smallest absolute Gasteiger partial charge is 0.236 e. The van der Waals surface area contributed by atoms with Crippen molar-refractivity contribution in [2.24, 2.45) is 5.10 Å². The molecule has 12 heavy (non-hydrogen) atoms.